The van der Waals surface area contributed by atoms with Gasteiger partial charge in [0, 0.05) is 12.6 Å². The number of nitrogens with one attached hydrogen (secondary N) is 1. The van der Waals surface area contributed by atoms with Crippen molar-refractivity contribution in [2.24, 2.45) is 5.73 Å². The maximum absolute atomic E-state index is 14.5. The van der Waals surface area contributed by atoms with Gasteiger partial charge in [-0.2, -0.15) is 8.78 Å². The van der Waals surface area contributed by atoms with E-state index < -0.39 is 35.6 Å². The molecule has 1 aromatic rings. The molecule has 0 saturated heterocycles. The third-order valence-corrected chi connectivity index (χ3v) is 4.00. The smallest absolute Gasteiger partial charge is 0.341 e. The lowest BCUT2D eigenvalue weighted by molar-refractivity contribution is -0.170. The van der Waals surface area contributed by atoms with Crippen molar-refractivity contribution in [2.45, 2.75) is 23.0 Å². The maximum Gasteiger partial charge on any atom is 0.341 e. The number of aromatic nitrogens is 1. The van der Waals surface area contributed by atoms with Gasteiger partial charge in [0.2, 0.25) is 11.0 Å². The zero-order valence-electron chi connectivity index (χ0n) is 11.4. The molecule has 0 saturated carbocycles. The summed E-state index contributed by atoms with van der Waals surface area (Å²) in [6.45, 7) is -0.602. The summed E-state index contributed by atoms with van der Waals surface area (Å²) in [6.07, 6.45) is 1.12. The van der Waals surface area contributed by atoms with Crippen molar-refractivity contribution in [1.29, 1.82) is 0 Å². The number of carbonyl (C=O) groups excluding carboxylic acids is 1. The lowest BCUT2D eigenvalue weighted by atomic mass is 9.83. The number of thioether (sulfide) groups is 1. The van der Waals surface area contributed by atoms with Gasteiger partial charge in [-0.1, -0.05) is 0 Å². The van der Waals surface area contributed by atoms with Crippen molar-refractivity contribution in [3.05, 3.63) is 11.8 Å². The number of aliphatic hydroxyl groups excluding tert-OH is 1. The molecule has 7 nitrogen and oxygen atoms in total. The highest BCUT2D eigenvalue weighted by Crippen LogP contribution is 2.46. The molecule has 2 rings (SSSR count). The van der Waals surface area contributed by atoms with Gasteiger partial charge in [-0.05, 0) is 11.4 Å². The van der Waals surface area contributed by atoms with Crippen LogP contribution in [0.25, 0.3) is 0 Å². The van der Waals surface area contributed by atoms with Crippen LogP contribution in [0.5, 0.6) is 5.88 Å². The molecule has 2 bridgehead atoms. The van der Waals surface area contributed by atoms with Crippen LogP contribution >= 0.6 is 11.8 Å². The lowest BCUT2D eigenvalue weighted by Crippen LogP contribution is -2.71. The van der Waals surface area contributed by atoms with Gasteiger partial charge in [0.1, 0.15) is 6.04 Å². The molecule has 124 valence electrons. The van der Waals surface area contributed by atoms with E-state index in [0.717, 1.165) is 12.3 Å². The predicted octanol–water partition coefficient (Wildman–Crippen LogP) is 0.208. The van der Waals surface area contributed by atoms with Crippen molar-refractivity contribution in [3.63, 3.8) is 0 Å². The van der Waals surface area contributed by atoms with Gasteiger partial charge in [-0.25, -0.2) is 9.18 Å². The number of nitrogens with two attached hydrogens (primary N) is 1. The maximum atomic E-state index is 14.5. The van der Waals surface area contributed by atoms with Gasteiger partial charge in [0.25, 0.3) is 5.88 Å². The Morgan fingerprint density at radius 2 is 2.36 bits per heavy atom. The number of hydrogen-bond acceptors (Lipinski definition) is 8. The molecule has 3 atom stereocenters. The Kier molecular flexibility index (Phi) is 4.70. The topological polar surface area (TPSA) is 111 Å². The highest BCUT2D eigenvalue weighted by atomic mass is 32.2. The first kappa shape index (κ1) is 17.1. The van der Waals surface area contributed by atoms with Crippen LogP contribution in [-0.2, 0) is 4.79 Å². The number of alkyl halides is 3. The molecule has 4 N–H and O–H groups in total. The number of carbonyl (C=O) groups is 1. The van der Waals surface area contributed by atoms with E-state index in [4.69, 9.17) is 15.4 Å². The Morgan fingerprint density at radius 3 is 2.95 bits per heavy atom. The Hall–Kier alpha value is -1.30. The molecule has 1 aromatic heterocycles. The van der Waals surface area contributed by atoms with Crippen LogP contribution in [0.2, 0.25) is 0 Å². The third kappa shape index (κ3) is 2.47. The van der Waals surface area contributed by atoms with Crippen LogP contribution in [0.4, 0.5) is 13.2 Å². The van der Waals surface area contributed by atoms with E-state index in [0.29, 0.717) is 0 Å². The number of esters is 1. The summed E-state index contributed by atoms with van der Waals surface area (Å²) in [7, 11) is 0. The first-order chi connectivity index (χ1) is 10.3. The van der Waals surface area contributed by atoms with Crippen LogP contribution in [0.3, 0.4) is 0 Å². The molecular formula is C11H14F3N3O4S. The molecule has 0 fully saturated rings. The summed E-state index contributed by atoms with van der Waals surface area (Å²) in [5.41, 5.74) is -0.192. The summed E-state index contributed by atoms with van der Waals surface area (Å²) in [5, 5.41) is 14.7. The van der Waals surface area contributed by atoms with Gasteiger partial charge in [-0.15, -0.1) is 11.8 Å². The second-order valence-electron chi connectivity index (χ2n) is 4.61. The number of nitrogens with zero attached hydrogens (tertiary/aromatic N) is 1. The van der Waals surface area contributed by atoms with Crippen LogP contribution in [-0.4, -0.2) is 52.6 Å². The Morgan fingerprint density at radius 1 is 1.68 bits per heavy atom. The van der Waals surface area contributed by atoms with E-state index in [-0.39, 0.29) is 29.9 Å². The largest absolute Gasteiger partial charge is 0.402 e. The molecule has 0 aliphatic carbocycles. The minimum atomic E-state index is -4.27. The van der Waals surface area contributed by atoms with Crippen LogP contribution < -0.4 is 15.8 Å². The monoisotopic (exact) mass is 341 g/mol. The summed E-state index contributed by atoms with van der Waals surface area (Å²) >= 11 is 0.207. The number of hydrogen-bond donors (Lipinski definition) is 3. The molecule has 3 unspecified atom stereocenters. The molecular weight excluding hydrogens is 327 g/mol. The Labute approximate surface area is 127 Å². The zero-order chi connectivity index (χ0) is 16.5. The third-order valence-electron chi connectivity index (χ3n) is 3.29. The summed E-state index contributed by atoms with van der Waals surface area (Å²) in [5.74, 6) is -6.38. The SMILES string of the molecule is CSC(F)C(F)(F)C1(N)C(=O)Oc2cc(on2)C1NCCO. The van der Waals surface area contributed by atoms with E-state index in [1.54, 1.807) is 0 Å². The summed E-state index contributed by atoms with van der Waals surface area (Å²) < 4.78 is 52.1. The van der Waals surface area contributed by atoms with E-state index in [1.807, 2.05) is 0 Å². The lowest BCUT2D eigenvalue weighted by Gasteiger charge is -2.39. The molecule has 1 aliphatic heterocycles. The van der Waals surface area contributed by atoms with E-state index >= 15 is 0 Å². The van der Waals surface area contributed by atoms with Gasteiger partial charge in [0.05, 0.1) is 6.61 Å². The van der Waals surface area contributed by atoms with E-state index in [9.17, 15) is 18.0 Å². The molecule has 1 aliphatic rings. The molecule has 0 aromatic carbocycles. The van der Waals surface area contributed by atoms with Gasteiger partial charge >= 0.3 is 11.9 Å². The molecule has 0 spiro atoms. The minimum absolute atomic E-state index is 0.181. The Balaban J connectivity index is 2.52. The van der Waals surface area contributed by atoms with Crippen molar-refractivity contribution in [3.8, 4) is 5.88 Å². The number of aliphatic hydroxyl groups is 1. The Bertz CT molecular complexity index is 558. The normalized spacial score (nSPS) is 26.5. The number of fused-ring (bicyclic) bond motifs is 2. The van der Waals surface area contributed by atoms with Crippen molar-refractivity contribution >= 4 is 17.7 Å². The highest BCUT2D eigenvalue weighted by molar-refractivity contribution is 7.99. The number of ether oxygens (including phenoxy) is 1. The fourth-order valence-electron chi connectivity index (χ4n) is 2.11. The molecule has 22 heavy (non-hydrogen) atoms. The van der Waals surface area contributed by atoms with Crippen molar-refractivity contribution in [2.75, 3.05) is 19.4 Å². The van der Waals surface area contributed by atoms with Gasteiger partial charge in [-0.3, -0.25) is 0 Å². The number of halogens is 3. The average molecular weight is 341 g/mol. The number of rotatable bonds is 6. The summed E-state index contributed by atoms with van der Waals surface area (Å²) in [6, 6.07) is -0.527. The second-order valence-corrected chi connectivity index (χ2v) is 5.50. The first-order valence-electron chi connectivity index (χ1n) is 6.15. The average Bonchev–Trinajstić information content (AvgIpc) is 2.89. The second kappa shape index (κ2) is 6.07. The molecule has 0 amide bonds. The van der Waals surface area contributed by atoms with Crippen LogP contribution in [0.15, 0.2) is 10.6 Å². The van der Waals surface area contributed by atoms with Crippen molar-refractivity contribution < 1.29 is 32.3 Å². The standard InChI is InChI=1S/C11H14F3N3O4S/c1-22-8(12)11(13,14)10(15)7(16-2-3-18)5-4-6(17-21-5)20-9(10)19/h4,7-8,16,18H,2-3,15H2,1H3. The van der Waals surface area contributed by atoms with Gasteiger partial charge < -0.3 is 25.4 Å². The molecule has 2 heterocycles. The van der Waals surface area contributed by atoms with Crippen LogP contribution in [0.1, 0.15) is 11.8 Å². The fraction of sp³-hybridized carbons (Fsp3) is 0.636. The fourth-order valence-corrected chi connectivity index (χ4v) is 2.60. The van der Waals surface area contributed by atoms with Crippen LogP contribution in [0, 0.1) is 0 Å². The first-order valence-corrected chi connectivity index (χ1v) is 7.44. The minimum Gasteiger partial charge on any atom is -0.402 e. The van der Waals surface area contributed by atoms with E-state index in [2.05, 4.69) is 15.2 Å². The molecule has 0 radical (unpaired) electrons. The van der Waals surface area contributed by atoms with Crippen molar-refractivity contribution in [1.82, 2.24) is 10.5 Å². The molecule has 11 heteroatoms. The van der Waals surface area contributed by atoms with E-state index in [1.165, 1.54) is 0 Å². The van der Waals surface area contributed by atoms with Gasteiger partial charge in [0.15, 0.2) is 5.76 Å². The highest BCUT2D eigenvalue weighted by Gasteiger charge is 2.68. The predicted molar refractivity (Wildman–Crippen MR) is 70.2 cm³/mol. The zero-order valence-corrected chi connectivity index (χ0v) is 12.2. The quantitative estimate of drug-likeness (QED) is 0.630. The summed E-state index contributed by atoms with van der Waals surface area (Å²) in [4.78, 5) is 12.1.